The molecule has 0 atom stereocenters. The van der Waals surface area contributed by atoms with Gasteiger partial charge in [0, 0.05) is 38.3 Å². The summed E-state index contributed by atoms with van der Waals surface area (Å²) >= 11 is 0. The van der Waals surface area contributed by atoms with Crippen LogP contribution in [-0.2, 0) is 17.9 Å². The number of aryl methyl sites for hydroxylation is 1. The van der Waals surface area contributed by atoms with Gasteiger partial charge in [-0.25, -0.2) is 4.39 Å². The van der Waals surface area contributed by atoms with E-state index in [1.807, 2.05) is 31.2 Å². The molecular formula is C23H24FN3O2. The minimum atomic E-state index is -0.306. The summed E-state index contributed by atoms with van der Waals surface area (Å²) in [5, 5.41) is 1.00. The van der Waals surface area contributed by atoms with Crippen LogP contribution in [-0.4, -0.2) is 47.0 Å². The van der Waals surface area contributed by atoms with Crippen LogP contribution >= 0.6 is 0 Å². The summed E-state index contributed by atoms with van der Waals surface area (Å²) in [6.07, 6.45) is 0.877. The van der Waals surface area contributed by atoms with Gasteiger partial charge in [0.1, 0.15) is 5.82 Å². The average molecular weight is 393 g/mol. The molecule has 2 aromatic carbocycles. The number of piperazine rings is 1. The van der Waals surface area contributed by atoms with Crippen LogP contribution < -0.4 is 5.56 Å². The molecule has 3 aromatic rings. The van der Waals surface area contributed by atoms with Gasteiger partial charge in [-0.15, -0.1) is 0 Å². The van der Waals surface area contributed by atoms with E-state index >= 15 is 0 Å². The Morgan fingerprint density at radius 2 is 1.79 bits per heavy atom. The molecule has 0 aliphatic carbocycles. The fraction of sp³-hybridized carbons (Fsp3) is 0.304. The van der Waals surface area contributed by atoms with Gasteiger partial charge >= 0.3 is 0 Å². The molecule has 1 fully saturated rings. The van der Waals surface area contributed by atoms with E-state index in [1.165, 1.54) is 12.1 Å². The predicted molar refractivity (Wildman–Crippen MR) is 111 cm³/mol. The Morgan fingerprint density at radius 3 is 2.52 bits per heavy atom. The third-order valence-electron chi connectivity index (χ3n) is 5.50. The zero-order valence-corrected chi connectivity index (χ0v) is 16.5. The first-order valence-electron chi connectivity index (χ1n) is 9.83. The summed E-state index contributed by atoms with van der Waals surface area (Å²) in [6.45, 7) is 5.73. The van der Waals surface area contributed by atoms with E-state index in [9.17, 15) is 14.0 Å². The highest BCUT2D eigenvalue weighted by atomic mass is 19.1. The molecule has 1 amide bonds. The third kappa shape index (κ3) is 4.22. The molecule has 0 unspecified atom stereocenters. The number of fused-ring (bicyclic) bond motifs is 1. The average Bonchev–Trinajstić information content (AvgIpc) is 2.71. The number of carbonyl (C=O) groups excluding carboxylic acids is 1. The second-order valence-corrected chi connectivity index (χ2v) is 7.67. The summed E-state index contributed by atoms with van der Waals surface area (Å²) in [6, 6.07) is 14.4. The Labute approximate surface area is 169 Å². The van der Waals surface area contributed by atoms with Gasteiger partial charge in [-0.05, 0) is 48.2 Å². The maximum Gasteiger partial charge on any atom is 0.255 e. The quantitative estimate of drug-likeness (QED) is 0.626. The number of hydrogen-bond acceptors (Lipinski definition) is 3. The number of amides is 1. The summed E-state index contributed by atoms with van der Waals surface area (Å²) < 4.78 is 15.4. The second kappa shape index (κ2) is 8.17. The van der Waals surface area contributed by atoms with E-state index in [-0.39, 0.29) is 11.4 Å². The Hall–Kier alpha value is -2.99. The number of carbonyl (C=O) groups is 1. The fourth-order valence-corrected chi connectivity index (χ4v) is 3.92. The molecule has 150 valence electrons. The van der Waals surface area contributed by atoms with Gasteiger partial charge in [0.05, 0.1) is 12.1 Å². The van der Waals surface area contributed by atoms with Crippen LogP contribution in [0.25, 0.3) is 10.9 Å². The van der Waals surface area contributed by atoms with Crippen molar-refractivity contribution in [3.63, 3.8) is 0 Å². The van der Waals surface area contributed by atoms with Crippen LogP contribution in [0.5, 0.6) is 0 Å². The second-order valence-electron chi connectivity index (χ2n) is 7.67. The Kier molecular flexibility index (Phi) is 5.45. The monoisotopic (exact) mass is 393 g/mol. The number of hydrogen-bond donors (Lipinski definition) is 0. The summed E-state index contributed by atoms with van der Waals surface area (Å²) in [7, 11) is 0. The van der Waals surface area contributed by atoms with E-state index in [1.54, 1.807) is 15.5 Å². The lowest BCUT2D eigenvalue weighted by Crippen LogP contribution is -2.45. The molecule has 0 N–H and O–H groups in total. The standard InChI is InChI=1S/C23H24FN3O2/c1-17-5-6-22-19(11-17)13-20(15-25-7-9-26(16-28)10-8-25)23(29)27(22)14-18-3-2-4-21(24)12-18/h2-6,11-13,16H,7-10,14-15H2,1H3. The molecule has 0 radical (unpaired) electrons. The summed E-state index contributed by atoms with van der Waals surface area (Å²) in [4.78, 5) is 28.2. The van der Waals surface area contributed by atoms with Gasteiger partial charge in [0.15, 0.2) is 0 Å². The molecule has 1 aromatic heterocycles. The number of rotatable bonds is 5. The lowest BCUT2D eigenvalue weighted by atomic mass is 10.1. The van der Waals surface area contributed by atoms with Crippen molar-refractivity contribution in [2.75, 3.05) is 26.2 Å². The van der Waals surface area contributed by atoms with Gasteiger partial charge < -0.3 is 9.47 Å². The largest absolute Gasteiger partial charge is 0.343 e. The fourth-order valence-electron chi connectivity index (χ4n) is 3.92. The van der Waals surface area contributed by atoms with E-state index in [0.29, 0.717) is 26.2 Å². The van der Waals surface area contributed by atoms with Crippen LogP contribution in [0.4, 0.5) is 4.39 Å². The SMILES string of the molecule is Cc1ccc2c(c1)cc(CN1CCN(C=O)CC1)c(=O)n2Cc1cccc(F)c1. The van der Waals surface area contributed by atoms with Crippen molar-refractivity contribution in [1.82, 2.24) is 14.4 Å². The van der Waals surface area contributed by atoms with E-state index in [0.717, 1.165) is 47.1 Å². The third-order valence-corrected chi connectivity index (χ3v) is 5.50. The van der Waals surface area contributed by atoms with Crippen molar-refractivity contribution in [3.05, 3.63) is 81.4 Å². The first-order valence-corrected chi connectivity index (χ1v) is 9.83. The van der Waals surface area contributed by atoms with E-state index < -0.39 is 0 Å². The van der Waals surface area contributed by atoms with Crippen molar-refractivity contribution < 1.29 is 9.18 Å². The molecule has 0 spiro atoms. The lowest BCUT2D eigenvalue weighted by molar-refractivity contribution is -0.119. The normalized spacial score (nSPS) is 15.0. The Bertz CT molecular complexity index is 1100. The summed E-state index contributed by atoms with van der Waals surface area (Å²) in [5.41, 5.74) is 3.39. The van der Waals surface area contributed by atoms with Crippen LogP contribution in [0.2, 0.25) is 0 Å². The lowest BCUT2D eigenvalue weighted by Gasteiger charge is -2.32. The molecular weight excluding hydrogens is 369 g/mol. The van der Waals surface area contributed by atoms with Crippen LogP contribution in [0.3, 0.4) is 0 Å². The zero-order chi connectivity index (χ0) is 20.4. The highest BCUT2D eigenvalue weighted by Gasteiger charge is 2.18. The molecule has 2 heterocycles. The maximum atomic E-state index is 13.7. The first-order chi connectivity index (χ1) is 14.0. The van der Waals surface area contributed by atoms with Gasteiger partial charge in [-0.3, -0.25) is 14.5 Å². The van der Waals surface area contributed by atoms with Crippen molar-refractivity contribution >= 4 is 17.3 Å². The minimum Gasteiger partial charge on any atom is -0.343 e. The molecule has 4 rings (SSSR count). The molecule has 0 bridgehead atoms. The number of nitrogens with zero attached hydrogens (tertiary/aromatic N) is 3. The zero-order valence-electron chi connectivity index (χ0n) is 16.5. The van der Waals surface area contributed by atoms with E-state index in [2.05, 4.69) is 11.0 Å². The molecule has 1 aliphatic heterocycles. The maximum absolute atomic E-state index is 13.7. The highest BCUT2D eigenvalue weighted by Crippen LogP contribution is 2.18. The van der Waals surface area contributed by atoms with Crippen molar-refractivity contribution in [2.45, 2.75) is 20.0 Å². The number of aromatic nitrogens is 1. The van der Waals surface area contributed by atoms with Crippen LogP contribution in [0.15, 0.2) is 53.3 Å². The molecule has 1 aliphatic rings. The Morgan fingerprint density at radius 1 is 1.00 bits per heavy atom. The van der Waals surface area contributed by atoms with Crippen molar-refractivity contribution in [3.8, 4) is 0 Å². The summed E-state index contributed by atoms with van der Waals surface area (Å²) in [5.74, 6) is -0.306. The number of benzene rings is 2. The van der Waals surface area contributed by atoms with Gasteiger partial charge in [-0.2, -0.15) is 0 Å². The van der Waals surface area contributed by atoms with Gasteiger partial charge in [0.2, 0.25) is 6.41 Å². The molecule has 6 heteroatoms. The van der Waals surface area contributed by atoms with Gasteiger partial charge in [0.25, 0.3) is 5.56 Å². The van der Waals surface area contributed by atoms with Gasteiger partial charge in [-0.1, -0.05) is 23.8 Å². The minimum absolute atomic E-state index is 0.0524. The smallest absolute Gasteiger partial charge is 0.255 e. The number of halogens is 1. The number of pyridine rings is 1. The topological polar surface area (TPSA) is 45.6 Å². The molecule has 0 saturated carbocycles. The predicted octanol–water partition coefficient (Wildman–Crippen LogP) is 2.77. The van der Waals surface area contributed by atoms with Crippen LogP contribution in [0, 0.1) is 12.7 Å². The van der Waals surface area contributed by atoms with Crippen molar-refractivity contribution in [1.29, 1.82) is 0 Å². The molecule has 1 saturated heterocycles. The Balaban J connectivity index is 1.72. The first kappa shape index (κ1) is 19.3. The highest BCUT2D eigenvalue weighted by molar-refractivity contribution is 5.80. The molecule has 5 nitrogen and oxygen atoms in total. The van der Waals surface area contributed by atoms with Crippen LogP contribution in [0.1, 0.15) is 16.7 Å². The van der Waals surface area contributed by atoms with Crippen molar-refractivity contribution in [2.24, 2.45) is 0 Å². The molecule has 29 heavy (non-hydrogen) atoms. The van der Waals surface area contributed by atoms with E-state index in [4.69, 9.17) is 0 Å².